The van der Waals surface area contributed by atoms with Gasteiger partial charge >= 0.3 is 5.97 Å². The number of furan rings is 1. The van der Waals surface area contributed by atoms with Crippen LogP contribution in [0, 0.1) is 0 Å². The Morgan fingerprint density at radius 1 is 1.05 bits per heavy atom. The number of amides is 3. The predicted molar refractivity (Wildman–Crippen MR) is 142 cm³/mol. The van der Waals surface area contributed by atoms with Gasteiger partial charge in [-0.05, 0) is 60.3 Å². The third-order valence-corrected chi connectivity index (χ3v) is 7.04. The van der Waals surface area contributed by atoms with Crippen LogP contribution < -0.4 is 5.32 Å². The highest BCUT2D eigenvalue weighted by Crippen LogP contribution is 2.34. The van der Waals surface area contributed by atoms with Crippen molar-refractivity contribution < 1.29 is 28.7 Å². The maximum absolute atomic E-state index is 13.0. The molecule has 37 heavy (non-hydrogen) atoms. The van der Waals surface area contributed by atoms with Crippen molar-refractivity contribution in [3.05, 3.63) is 93.3 Å². The number of thioether (sulfide) groups is 1. The van der Waals surface area contributed by atoms with Gasteiger partial charge in [0.25, 0.3) is 11.1 Å². The van der Waals surface area contributed by atoms with E-state index >= 15 is 0 Å². The van der Waals surface area contributed by atoms with Crippen molar-refractivity contribution in [2.75, 3.05) is 11.9 Å². The van der Waals surface area contributed by atoms with Gasteiger partial charge in [0.15, 0.2) is 0 Å². The van der Waals surface area contributed by atoms with Gasteiger partial charge in [-0.1, -0.05) is 34.1 Å². The van der Waals surface area contributed by atoms with E-state index in [1.54, 1.807) is 36.4 Å². The molecule has 1 saturated heterocycles. The number of carboxylic acid groups (broad SMARTS) is 1. The van der Waals surface area contributed by atoms with Crippen LogP contribution in [0.2, 0.25) is 0 Å². The van der Waals surface area contributed by atoms with E-state index in [1.807, 2.05) is 35.0 Å². The molecular weight excluding hydrogens is 562 g/mol. The topological polar surface area (TPSA) is 122 Å². The van der Waals surface area contributed by atoms with Gasteiger partial charge in [0.1, 0.15) is 12.3 Å². The van der Waals surface area contributed by atoms with Crippen molar-refractivity contribution in [1.82, 2.24) is 9.47 Å². The highest BCUT2D eigenvalue weighted by atomic mass is 79.9. The zero-order valence-electron chi connectivity index (χ0n) is 19.0. The number of nitrogens with one attached hydrogen (secondary N) is 1. The molecule has 0 bridgehead atoms. The summed E-state index contributed by atoms with van der Waals surface area (Å²) in [5.74, 6) is -1.87. The molecule has 4 aromatic rings. The number of halogens is 1. The number of imide groups is 1. The molecule has 1 aliphatic heterocycles. The fourth-order valence-electron chi connectivity index (χ4n) is 3.92. The van der Waals surface area contributed by atoms with Gasteiger partial charge in [-0.15, -0.1) is 0 Å². The first-order chi connectivity index (χ1) is 17.8. The van der Waals surface area contributed by atoms with Crippen LogP contribution in [0.5, 0.6) is 0 Å². The van der Waals surface area contributed by atoms with E-state index in [-0.39, 0.29) is 17.2 Å². The van der Waals surface area contributed by atoms with Gasteiger partial charge in [0.2, 0.25) is 11.7 Å². The van der Waals surface area contributed by atoms with Gasteiger partial charge in [-0.3, -0.25) is 19.3 Å². The Morgan fingerprint density at radius 3 is 2.54 bits per heavy atom. The number of aromatic nitrogens is 1. The van der Waals surface area contributed by atoms with Gasteiger partial charge in [-0.25, -0.2) is 4.79 Å². The lowest BCUT2D eigenvalue weighted by atomic mass is 10.1. The molecule has 0 atom stereocenters. The van der Waals surface area contributed by atoms with E-state index in [0.29, 0.717) is 17.0 Å². The van der Waals surface area contributed by atoms with E-state index in [2.05, 4.69) is 21.2 Å². The summed E-state index contributed by atoms with van der Waals surface area (Å²) in [4.78, 5) is 50.3. The molecule has 0 saturated carbocycles. The number of anilines is 1. The fraction of sp³-hybridized carbons (Fsp3) is 0.0769. The van der Waals surface area contributed by atoms with Crippen LogP contribution in [0.25, 0.3) is 17.0 Å². The van der Waals surface area contributed by atoms with Crippen LogP contribution >= 0.6 is 27.7 Å². The summed E-state index contributed by atoms with van der Waals surface area (Å²) in [7, 11) is 0. The second-order valence-electron chi connectivity index (χ2n) is 8.12. The summed E-state index contributed by atoms with van der Waals surface area (Å²) >= 11 is 4.10. The number of fused-ring (bicyclic) bond motifs is 1. The van der Waals surface area contributed by atoms with Crippen LogP contribution in [0.4, 0.5) is 10.5 Å². The second kappa shape index (κ2) is 10.1. The van der Waals surface area contributed by atoms with Crippen molar-refractivity contribution in [2.45, 2.75) is 6.54 Å². The van der Waals surface area contributed by atoms with E-state index in [1.165, 1.54) is 6.07 Å². The normalized spacial score (nSPS) is 14.6. The van der Waals surface area contributed by atoms with E-state index in [4.69, 9.17) is 9.52 Å². The Labute approximate surface area is 222 Å². The summed E-state index contributed by atoms with van der Waals surface area (Å²) in [5.41, 5.74) is 2.09. The molecule has 2 aromatic carbocycles. The molecule has 2 N–H and O–H groups in total. The number of carbonyl (C=O) groups is 4. The lowest BCUT2D eigenvalue weighted by molar-refractivity contribution is -0.127. The van der Waals surface area contributed by atoms with Crippen LogP contribution in [-0.2, 0) is 16.1 Å². The van der Waals surface area contributed by atoms with Crippen molar-refractivity contribution in [3.63, 3.8) is 0 Å². The molecule has 9 nitrogen and oxygen atoms in total. The summed E-state index contributed by atoms with van der Waals surface area (Å²) in [6.07, 6.45) is 3.43. The molecule has 2 aromatic heterocycles. The third kappa shape index (κ3) is 5.23. The van der Waals surface area contributed by atoms with Gasteiger partial charge in [0.05, 0.1) is 11.4 Å². The first-order valence-corrected chi connectivity index (χ1v) is 12.6. The van der Waals surface area contributed by atoms with Crippen LogP contribution in [0.15, 0.2) is 80.7 Å². The zero-order chi connectivity index (χ0) is 26.1. The highest BCUT2D eigenvalue weighted by molar-refractivity contribution is 9.10. The van der Waals surface area contributed by atoms with E-state index < -0.39 is 29.6 Å². The standard InChI is InChI=1S/C26H18BrN3O6S/c27-16-5-7-17(8-6-16)28-23(31)14-30-24(32)22(37-26(30)35)11-15-12-29(20-4-2-1-3-19(15)20)13-18-9-10-21(36-18)25(33)34/h1-12H,13-14H2,(H,28,31)(H,33,34)/b22-11-. The van der Waals surface area contributed by atoms with E-state index in [9.17, 15) is 19.2 Å². The van der Waals surface area contributed by atoms with Crippen LogP contribution in [0.3, 0.4) is 0 Å². The molecule has 1 fully saturated rings. The molecule has 11 heteroatoms. The summed E-state index contributed by atoms with van der Waals surface area (Å²) in [5, 5.41) is 12.1. The number of rotatable bonds is 7. The number of para-hydroxylation sites is 1. The maximum Gasteiger partial charge on any atom is 0.371 e. The highest BCUT2D eigenvalue weighted by Gasteiger charge is 2.36. The third-order valence-electron chi connectivity index (χ3n) is 5.61. The number of carbonyl (C=O) groups excluding carboxylic acids is 3. The van der Waals surface area contributed by atoms with Crippen molar-refractivity contribution in [3.8, 4) is 0 Å². The molecular formula is C26H18BrN3O6S. The van der Waals surface area contributed by atoms with Crippen LogP contribution in [-0.4, -0.2) is 44.1 Å². The molecule has 0 aliphatic carbocycles. The second-order valence-corrected chi connectivity index (χ2v) is 10.0. The van der Waals surface area contributed by atoms with Crippen molar-refractivity contribution in [2.24, 2.45) is 0 Å². The van der Waals surface area contributed by atoms with Gasteiger partial charge in [-0.2, -0.15) is 0 Å². The molecule has 3 heterocycles. The summed E-state index contributed by atoms with van der Waals surface area (Å²) in [6.45, 7) is -0.121. The Bertz CT molecular complexity index is 1590. The Hall–Kier alpha value is -4.09. The molecule has 3 amide bonds. The Kier molecular flexibility index (Phi) is 6.72. The Morgan fingerprint density at radius 2 is 1.81 bits per heavy atom. The summed E-state index contributed by atoms with van der Waals surface area (Å²) in [6, 6.07) is 17.5. The van der Waals surface area contributed by atoms with Crippen molar-refractivity contribution >= 4 is 73.4 Å². The largest absolute Gasteiger partial charge is 0.475 e. The number of nitrogens with zero attached hydrogens (tertiary/aromatic N) is 2. The SMILES string of the molecule is O=C(CN1C(=O)S/C(=C\c2cn(Cc3ccc(C(=O)O)o3)c3ccccc23)C1=O)Nc1ccc(Br)cc1. The molecule has 5 rings (SSSR count). The first-order valence-electron chi connectivity index (χ1n) is 11.0. The number of hydrogen-bond donors (Lipinski definition) is 2. The average molecular weight is 580 g/mol. The fourth-order valence-corrected chi connectivity index (χ4v) is 5.02. The van der Waals surface area contributed by atoms with E-state index in [0.717, 1.165) is 32.0 Å². The predicted octanol–water partition coefficient (Wildman–Crippen LogP) is 5.42. The molecule has 1 aliphatic rings. The molecule has 0 unspecified atom stereocenters. The number of hydrogen-bond acceptors (Lipinski definition) is 6. The smallest absolute Gasteiger partial charge is 0.371 e. The Balaban J connectivity index is 1.36. The first kappa shape index (κ1) is 24.6. The van der Waals surface area contributed by atoms with Crippen LogP contribution in [0.1, 0.15) is 21.9 Å². The molecule has 0 spiro atoms. The summed E-state index contributed by atoms with van der Waals surface area (Å²) < 4.78 is 8.12. The van der Waals surface area contributed by atoms with Gasteiger partial charge < -0.3 is 19.4 Å². The zero-order valence-corrected chi connectivity index (χ0v) is 21.4. The molecule has 186 valence electrons. The van der Waals surface area contributed by atoms with Gasteiger partial charge in [0, 0.05) is 32.8 Å². The molecule has 0 radical (unpaired) electrons. The monoisotopic (exact) mass is 579 g/mol. The maximum atomic E-state index is 13.0. The average Bonchev–Trinajstić information content (AvgIpc) is 3.55. The quantitative estimate of drug-likeness (QED) is 0.280. The lowest BCUT2D eigenvalue weighted by Crippen LogP contribution is -2.36. The minimum absolute atomic E-state index is 0.149. The number of carboxylic acids is 1. The lowest BCUT2D eigenvalue weighted by Gasteiger charge is -2.12. The minimum atomic E-state index is -1.15. The number of aromatic carboxylic acids is 1. The number of benzene rings is 2. The van der Waals surface area contributed by atoms with Crippen molar-refractivity contribution in [1.29, 1.82) is 0 Å². The minimum Gasteiger partial charge on any atom is -0.475 e.